The number of aromatic nitrogens is 1. The van der Waals surface area contributed by atoms with Crippen LogP contribution in [0.25, 0.3) is 0 Å². The lowest BCUT2D eigenvalue weighted by Crippen LogP contribution is -2.47. The van der Waals surface area contributed by atoms with Crippen molar-refractivity contribution in [3.8, 4) is 0 Å². The maximum absolute atomic E-state index is 4.77. The van der Waals surface area contributed by atoms with E-state index in [4.69, 9.17) is 4.98 Å². The number of rotatable bonds is 6. The van der Waals surface area contributed by atoms with E-state index < -0.39 is 0 Å². The summed E-state index contributed by atoms with van der Waals surface area (Å²) < 4.78 is 0. The molecule has 1 aliphatic carbocycles. The fourth-order valence-electron chi connectivity index (χ4n) is 2.74. The zero-order valence-electron chi connectivity index (χ0n) is 12.7. The minimum atomic E-state index is 0.960. The summed E-state index contributed by atoms with van der Waals surface area (Å²) in [5.41, 5.74) is 1.20. The molecule has 1 aliphatic heterocycles. The molecule has 0 unspecified atom stereocenters. The van der Waals surface area contributed by atoms with E-state index in [1.54, 1.807) is 0 Å². The van der Waals surface area contributed by atoms with Crippen LogP contribution in [0.3, 0.4) is 0 Å². The highest BCUT2D eigenvalue weighted by atomic mass is 32.1. The maximum atomic E-state index is 4.77. The second kappa shape index (κ2) is 6.41. The molecule has 1 saturated carbocycles. The standard InChI is InChI=1S/C15H26N4S/c1-3-16-10-14-12(2)17-15(20-14)19-8-6-18(7-9-19)11-13-4-5-13/h13,16H,3-11H2,1-2H3. The molecule has 0 radical (unpaired) electrons. The van der Waals surface area contributed by atoms with Crippen molar-refractivity contribution in [3.05, 3.63) is 10.6 Å². The van der Waals surface area contributed by atoms with E-state index in [0.29, 0.717) is 0 Å². The molecule has 0 spiro atoms. The quantitative estimate of drug-likeness (QED) is 0.870. The molecular weight excluding hydrogens is 268 g/mol. The van der Waals surface area contributed by atoms with Crippen LogP contribution in [-0.2, 0) is 6.54 Å². The molecule has 2 heterocycles. The van der Waals surface area contributed by atoms with E-state index in [0.717, 1.165) is 32.1 Å². The number of hydrogen-bond acceptors (Lipinski definition) is 5. The second-order valence-corrected chi connectivity index (χ2v) is 7.08. The first-order valence-corrected chi connectivity index (χ1v) is 8.72. The minimum absolute atomic E-state index is 0.960. The Labute approximate surface area is 126 Å². The van der Waals surface area contributed by atoms with Crippen LogP contribution in [0.1, 0.15) is 30.3 Å². The zero-order chi connectivity index (χ0) is 13.9. The SMILES string of the molecule is CCNCc1sc(N2CCN(CC3CC3)CC2)nc1C. The predicted octanol–water partition coefficient (Wildman–Crippen LogP) is 2.09. The van der Waals surface area contributed by atoms with Gasteiger partial charge in [-0.2, -0.15) is 0 Å². The van der Waals surface area contributed by atoms with Crippen LogP contribution in [0.5, 0.6) is 0 Å². The lowest BCUT2D eigenvalue weighted by molar-refractivity contribution is 0.248. The van der Waals surface area contributed by atoms with Gasteiger partial charge in [0.15, 0.2) is 5.13 Å². The van der Waals surface area contributed by atoms with Crippen LogP contribution in [0, 0.1) is 12.8 Å². The molecule has 1 aromatic heterocycles. The Balaban J connectivity index is 1.54. The Morgan fingerprint density at radius 3 is 2.65 bits per heavy atom. The second-order valence-electron chi connectivity index (χ2n) is 6.02. The molecule has 0 bridgehead atoms. The summed E-state index contributed by atoms with van der Waals surface area (Å²) in [4.78, 5) is 11.3. The van der Waals surface area contributed by atoms with Gasteiger partial charge in [0.25, 0.3) is 0 Å². The van der Waals surface area contributed by atoms with Crippen molar-refractivity contribution in [1.82, 2.24) is 15.2 Å². The molecule has 3 rings (SSSR count). The largest absolute Gasteiger partial charge is 0.346 e. The van der Waals surface area contributed by atoms with Crippen LogP contribution in [-0.4, -0.2) is 49.2 Å². The molecule has 1 aromatic rings. The van der Waals surface area contributed by atoms with Gasteiger partial charge in [-0.3, -0.25) is 4.90 Å². The van der Waals surface area contributed by atoms with E-state index >= 15 is 0 Å². The molecule has 0 amide bonds. The van der Waals surface area contributed by atoms with E-state index in [1.165, 1.54) is 48.2 Å². The lowest BCUT2D eigenvalue weighted by atomic mass is 10.3. The summed E-state index contributed by atoms with van der Waals surface area (Å²) in [6.07, 6.45) is 2.92. The predicted molar refractivity (Wildman–Crippen MR) is 85.6 cm³/mol. The molecule has 1 N–H and O–H groups in total. The third-order valence-corrected chi connectivity index (χ3v) is 5.49. The zero-order valence-corrected chi connectivity index (χ0v) is 13.5. The molecule has 2 aliphatic rings. The Hall–Kier alpha value is -0.650. The number of aryl methyl sites for hydroxylation is 1. The van der Waals surface area contributed by atoms with Gasteiger partial charge in [-0.1, -0.05) is 6.92 Å². The van der Waals surface area contributed by atoms with Gasteiger partial charge in [0.05, 0.1) is 5.69 Å². The number of thiazole rings is 1. The van der Waals surface area contributed by atoms with Gasteiger partial charge in [0.1, 0.15) is 0 Å². The van der Waals surface area contributed by atoms with Gasteiger partial charge in [-0.15, -0.1) is 11.3 Å². The highest BCUT2D eigenvalue weighted by Crippen LogP contribution is 2.31. The number of piperazine rings is 1. The van der Waals surface area contributed by atoms with E-state index in [1.807, 2.05) is 11.3 Å². The van der Waals surface area contributed by atoms with Crippen molar-refractivity contribution in [3.63, 3.8) is 0 Å². The summed E-state index contributed by atoms with van der Waals surface area (Å²) in [5.74, 6) is 1.01. The van der Waals surface area contributed by atoms with E-state index in [2.05, 4.69) is 29.0 Å². The molecule has 4 nitrogen and oxygen atoms in total. The molecule has 112 valence electrons. The van der Waals surface area contributed by atoms with Crippen LogP contribution < -0.4 is 10.2 Å². The number of nitrogens with zero attached hydrogens (tertiary/aromatic N) is 3. The lowest BCUT2D eigenvalue weighted by Gasteiger charge is -2.34. The summed E-state index contributed by atoms with van der Waals surface area (Å²) in [5, 5.41) is 4.62. The van der Waals surface area contributed by atoms with Crippen LogP contribution in [0.4, 0.5) is 5.13 Å². The minimum Gasteiger partial charge on any atom is -0.346 e. The monoisotopic (exact) mass is 294 g/mol. The van der Waals surface area contributed by atoms with Crippen molar-refractivity contribution in [1.29, 1.82) is 0 Å². The Bertz CT molecular complexity index is 433. The van der Waals surface area contributed by atoms with Crippen molar-refractivity contribution in [2.45, 2.75) is 33.2 Å². The van der Waals surface area contributed by atoms with Gasteiger partial charge in [0.2, 0.25) is 0 Å². The van der Waals surface area contributed by atoms with Crippen molar-refractivity contribution < 1.29 is 0 Å². The van der Waals surface area contributed by atoms with E-state index in [9.17, 15) is 0 Å². The highest BCUT2D eigenvalue weighted by Gasteiger charge is 2.27. The topological polar surface area (TPSA) is 31.4 Å². The Kier molecular flexibility index (Phi) is 4.58. The van der Waals surface area contributed by atoms with Gasteiger partial charge < -0.3 is 10.2 Å². The third kappa shape index (κ3) is 3.51. The summed E-state index contributed by atoms with van der Waals surface area (Å²) >= 11 is 1.87. The Morgan fingerprint density at radius 1 is 1.25 bits per heavy atom. The van der Waals surface area contributed by atoms with Gasteiger partial charge in [0, 0.05) is 44.1 Å². The smallest absolute Gasteiger partial charge is 0.185 e. The number of hydrogen-bond donors (Lipinski definition) is 1. The van der Waals surface area contributed by atoms with Crippen molar-refractivity contribution >= 4 is 16.5 Å². The number of nitrogens with one attached hydrogen (secondary N) is 1. The van der Waals surface area contributed by atoms with Crippen LogP contribution >= 0.6 is 11.3 Å². The van der Waals surface area contributed by atoms with E-state index in [-0.39, 0.29) is 0 Å². The van der Waals surface area contributed by atoms with Crippen molar-refractivity contribution in [2.24, 2.45) is 5.92 Å². The number of anilines is 1. The molecule has 0 atom stereocenters. The fourth-order valence-corrected chi connectivity index (χ4v) is 3.82. The first-order valence-electron chi connectivity index (χ1n) is 7.90. The van der Waals surface area contributed by atoms with Crippen LogP contribution in [0.15, 0.2) is 0 Å². The summed E-state index contributed by atoms with van der Waals surface area (Å²) in [7, 11) is 0. The summed E-state index contributed by atoms with van der Waals surface area (Å²) in [6, 6.07) is 0. The van der Waals surface area contributed by atoms with Crippen LogP contribution in [0.2, 0.25) is 0 Å². The average Bonchev–Trinajstić information content (AvgIpc) is 3.19. The normalized spacial score (nSPS) is 20.6. The van der Waals surface area contributed by atoms with Gasteiger partial charge >= 0.3 is 0 Å². The molecular formula is C15H26N4S. The van der Waals surface area contributed by atoms with Gasteiger partial charge in [-0.05, 0) is 32.2 Å². The fraction of sp³-hybridized carbons (Fsp3) is 0.800. The molecule has 1 saturated heterocycles. The summed E-state index contributed by atoms with van der Waals surface area (Å²) in [6.45, 7) is 12.3. The first kappa shape index (κ1) is 14.3. The molecule has 5 heteroatoms. The average molecular weight is 294 g/mol. The molecule has 0 aromatic carbocycles. The maximum Gasteiger partial charge on any atom is 0.185 e. The Morgan fingerprint density at radius 2 is 2.00 bits per heavy atom. The van der Waals surface area contributed by atoms with Gasteiger partial charge in [-0.25, -0.2) is 4.98 Å². The molecule has 20 heavy (non-hydrogen) atoms. The van der Waals surface area contributed by atoms with Crippen molar-refractivity contribution in [2.75, 3.05) is 44.2 Å². The highest BCUT2D eigenvalue weighted by molar-refractivity contribution is 7.15. The third-order valence-electron chi connectivity index (χ3n) is 4.27. The first-order chi connectivity index (χ1) is 9.76. The molecule has 2 fully saturated rings.